The zero-order valence-corrected chi connectivity index (χ0v) is 10.9. The molecule has 0 amide bonds. The second-order valence-corrected chi connectivity index (χ2v) is 5.41. The number of carbonyl (C=O) groups is 1. The molecule has 2 heterocycles. The van der Waals surface area contributed by atoms with Gasteiger partial charge in [0.2, 0.25) is 0 Å². The van der Waals surface area contributed by atoms with Gasteiger partial charge in [0.25, 0.3) is 11.3 Å². The van der Waals surface area contributed by atoms with E-state index in [1.807, 2.05) is 7.05 Å². The number of likely N-dealkylation sites (tertiary alicyclic amines) is 1. The summed E-state index contributed by atoms with van der Waals surface area (Å²) in [5.41, 5.74) is 0.600. The molecule has 18 heavy (non-hydrogen) atoms. The molecule has 7 heteroatoms. The van der Waals surface area contributed by atoms with E-state index >= 15 is 0 Å². The molecule has 0 radical (unpaired) electrons. The average Bonchev–Trinajstić information content (AvgIpc) is 2.74. The Labute approximate surface area is 108 Å². The van der Waals surface area contributed by atoms with Crippen LogP contribution in [-0.2, 0) is 11.3 Å². The van der Waals surface area contributed by atoms with E-state index in [2.05, 4.69) is 4.90 Å². The van der Waals surface area contributed by atoms with Crippen LogP contribution >= 0.6 is 0 Å². The van der Waals surface area contributed by atoms with Gasteiger partial charge in [-0.15, -0.1) is 0 Å². The first-order chi connectivity index (χ1) is 8.50. The van der Waals surface area contributed by atoms with E-state index in [-0.39, 0.29) is 11.6 Å². The molecule has 1 saturated heterocycles. The number of nitrogens with zero attached hydrogens (tertiary/aromatic N) is 2. The summed E-state index contributed by atoms with van der Waals surface area (Å²) < 4.78 is 21.0. The van der Waals surface area contributed by atoms with E-state index < -0.39 is 17.2 Å². The molecular formula is C11H16N2O4S. The summed E-state index contributed by atoms with van der Waals surface area (Å²) >= 11 is -2.33. The molecule has 0 bridgehead atoms. The molecule has 1 atom stereocenters. The number of aromatic nitrogens is 1. The summed E-state index contributed by atoms with van der Waals surface area (Å²) in [5.74, 6) is -1.01. The molecule has 100 valence electrons. The van der Waals surface area contributed by atoms with E-state index in [1.54, 1.807) is 6.07 Å². The van der Waals surface area contributed by atoms with Crippen molar-refractivity contribution in [1.82, 2.24) is 8.87 Å². The second-order valence-electron chi connectivity index (χ2n) is 4.56. The van der Waals surface area contributed by atoms with Crippen LogP contribution in [0.15, 0.2) is 12.3 Å². The minimum absolute atomic E-state index is 0.0645. The van der Waals surface area contributed by atoms with Gasteiger partial charge >= 0.3 is 5.97 Å². The van der Waals surface area contributed by atoms with Crippen LogP contribution in [-0.4, -0.2) is 48.8 Å². The van der Waals surface area contributed by atoms with Gasteiger partial charge in [-0.25, -0.2) is 13.0 Å². The van der Waals surface area contributed by atoms with Gasteiger partial charge in [0.15, 0.2) is 0 Å². The van der Waals surface area contributed by atoms with Crippen LogP contribution in [0.25, 0.3) is 0 Å². The molecule has 6 nitrogen and oxygen atoms in total. The molecule has 0 spiro atoms. The van der Waals surface area contributed by atoms with Crippen LogP contribution in [0, 0.1) is 0 Å². The van der Waals surface area contributed by atoms with Gasteiger partial charge in [-0.2, -0.15) is 0 Å². The fourth-order valence-corrected chi connectivity index (χ4v) is 2.93. The minimum Gasteiger partial charge on any atom is -0.477 e. The van der Waals surface area contributed by atoms with Crippen molar-refractivity contribution in [2.75, 3.05) is 20.1 Å². The fourth-order valence-electron chi connectivity index (χ4n) is 2.43. The number of carboxylic acid groups (broad SMARTS) is 1. The van der Waals surface area contributed by atoms with Gasteiger partial charge in [-0.3, -0.25) is 4.55 Å². The van der Waals surface area contributed by atoms with Crippen LogP contribution in [0.1, 0.15) is 34.8 Å². The lowest BCUT2D eigenvalue weighted by atomic mass is 9.89. The van der Waals surface area contributed by atoms with E-state index in [1.165, 1.54) is 6.20 Å². The summed E-state index contributed by atoms with van der Waals surface area (Å²) in [7, 11) is 2.03. The molecule has 1 fully saturated rings. The summed E-state index contributed by atoms with van der Waals surface area (Å²) in [6.07, 6.45) is 3.12. The SMILES string of the molecule is CN1CCC(c2ccn(S(=O)O)c2C(=O)O)CC1. The maximum atomic E-state index is 11.2. The van der Waals surface area contributed by atoms with Gasteiger partial charge in [0.1, 0.15) is 5.69 Å². The fraction of sp³-hybridized carbons (Fsp3) is 0.545. The predicted molar refractivity (Wildman–Crippen MR) is 67.0 cm³/mol. The summed E-state index contributed by atoms with van der Waals surface area (Å²) in [6, 6.07) is 1.65. The Hall–Kier alpha value is -1.18. The Balaban J connectivity index is 2.33. The Morgan fingerprint density at radius 1 is 1.44 bits per heavy atom. The first kappa shape index (κ1) is 13.3. The summed E-state index contributed by atoms with van der Waals surface area (Å²) in [6.45, 7) is 1.83. The highest BCUT2D eigenvalue weighted by Crippen LogP contribution is 2.30. The van der Waals surface area contributed by atoms with Crippen LogP contribution in [0.5, 0.6) is 0 Å². The number of piperidine rings is 1. The first-order valence-electron chi connectivity index (χ1n) is 5.75. The van der Waals surface area contributed by atoms with Crippen LogP contribution in [0.3, 0.4) is 0 Å². The molecule has 0 aliphatic carbocycles. The molecular weight excluding hydrogens is 256 g/mol. The number of carboxylic acids is 1. The average molecular weight is 272 g/mol. The van der Waals surface area contributed by atoms with E-state index in [4.69, 9.17) is 4.55 Å². The van der Waals surface area contributed by atoms with Crippen molar-refractivity contribution in [3.63, 3.8) is 0 Å². The number of hydrogen-bond donors (Lipinski definition) is 2. The molecule has 1 aromatic rings. The van der Waals surface area contributed by atoms with Gasteiger partial charge in [0.05, 0.1) is 0 Å². The molecule has 0 aromatic carbocycles. The van der Waals surface area contributed by atoms with Crippen LogP contribution in [0.4, 0.5) is 0 Å². The number of rotatable bonds is 3. The standard InChI is InChI=1S/C11H16N2O4S/c1-12-5-2-8(3-6-12)9-4-7-13(18(16)17)10(9)11(14)15/h4,7-8H,2-3,5-6H2,1H3,(H,14,15)(H,16,17). The Kier molecular flexibility index (Phi) is 3.84. The smallest absolute Gasteiger partial charge is 0.353 e. The van der Waals surface area contributed by atoms with E-state index in [0.29, 0.717) is 5.56 Å². The van der Waals surface area contributed by atoms with Crippen molar-refractivity contribution < 1.29 is 18.7 Å². The van der Waals surface area contributed by atoms with E-state index in [0.717, 1.165) is 29.9 Å². The lowest BCUT2D eigenvalue weighted by Crippen LogP contribution is -2.29. The Morgan fingerprint density at radius 2 is 2.06 bits per heavy atom. The molecule has 1 aromatic heterocycles. The summed E-state index contributed by atoms with van der Waals surface area (Å²) in [4.78, 5) is 13.4. The normalized spacial score (nSPS) is 19.9. The maximum absolute atomic E-state index is 11.2. The van der Waals surface area contributed by atoms with Crippen molar-refractivity contribution in [1.29, 1.82) is 0 Å². The number of aromatic carboxylic acids is 1. The molecule has 1 aliphatic rings. The molecule has 1 unspecified atom stereocenters. The second kappa shape index (κ2) is 5.21. The summed E-state index contributed by atoms with van der Waals surface area (Å²) in [5, 5.41) is 9.19. The van der Waals surface area contributed by atoms with Gasteiger partial charge in [0, 0.05) is 6.20 Å². The van der Waals surface area contributed by atoms with Gasteiger partial charge < -0.3 is 10.0 Å². The highest BCUT2D eigenvalue weighted by Gasteiger charge is 2.27. The molecule has 2 N–H and O–H groups in total. The van der Waals surface area contributed by atoms with Crippen molar-refractivity contribution in [2.45, 2.75) is 18.8 Å². The van der Waals surface area contributed by atoms with E-state index in [9.17, 15) is 14.1 Å². The highest BCUT2D eigenvalue weighted by atomic mass is 32.2. The van der Waals surface area contributed by atoms with Crippen LogP contribution in [0.2, 0.25) is 0 Å². The molecule has 2 rings (SSSR count). The van der Waals surface area contributed by atoms with Crippen molar-refractivity contribution in [3.05, 3.63) is 23.5 Å². The zero-order valence-electron chi connectivity index (χ0n) is 10.1. The third-order valence-corrected chi connectivity index (χ3v) is 4.05. The lowest BCUT2D eigenvalue weighted by Gasteiger charge is -2.28. The number of hydrogen-bond acceptors (Lipinski definition) is 3. The van der Waals surface area contributed by atoms with Crippen molar-refractivity contribution in [2.24, 2.45) is 0 Å². The topological polar surface area (TPSA) is 82.8 Å². The Bertz CT molecular complexity index is 477. The van der Waals surface area contributed by atoms with Crippen molar-refractivity contribution in [3.8, 4) is 0 Å². The van der Waals surface area contributed by atoms with Gasteiger partial charge in [-0.1, -0.05) is 0 Å². The van der Waals surface area contributed by atoms with Gasteiger partial charge in [-0.05, 0) is 50.5 Å². The predicted octanol–water partition coefficient (Wildman–Crippen LogP) is 0.980. The van der Waals surface area contributed by atoms with Crippen molar-refractivity contribution >= 4 is 17.2 Å². The monoisotopic (exact) mass is 272 g/mol. The Morgan fingerprint density at radius 3 is 2.56 bits per heavy atom. The highest BCUT2D eigenvalue weighted by molar-refractivity contribution is 7.77. The quantitative estimate of drug-likeness (QED) is 0.801. The first-order valence-corrected chi connectivity index (χ1v) is 6.81. The lowest BCUT2D eigenvalue weighted by molar-refractivity contribution is 0.0686. The third-order valence-electron chi connectivity index (χ3n) is 3.41. The molecule has 1 aliphatic heterocycles. The molecule has 0 saturated carbocycles. The third kappa shape index (κ3) is 2.47. The maximum Gasteiger partial charge on any atom is 0.353 e. The zero-order chi connectivity index (χ0) is 13.3. The van der Waals surface area contributed by atoms with Crippen LogP contribution < -0.4 is 0 Å². The largest absolute Gasteiger partial charge is 0.477 e. The minimum atomic E-state index is -2.33.